The van der Waals surface area contributed by atoms with Crippen molar-refractivity contribution in [2.45, 2.75) is 18.2 Å². The third-order valence-corrected chi connectivity index (χ3v) is 5.75. The van der Waals surface area contributed by atoms with Gasteiger partial charge in [0.1, 0.15) is 0 Å². The van der Waals surface area contributed by atoms with Crippen LogP contribution in [0.2, 0.25) is 0 Å². The first kappa shape index (κ1) is 11.6. The van der Waals surface area contributed by atoms with Gasteiger partial charge in [0, 0.05) is 52.4 Å². The SMILES string of the molecule is C[C@H]1C(=O)C2=C3[C@H]1CCN3CCSc1ccccc12. The fourth-order valence-corrected chi connectivity index (χ4v) is 4.75. The molecule has 0 radical (unpaired) electrons. The van der Waals surface area contributed by atoms with Crippen molar-refractivity contribution in [1.82, 2.24) is 4.90 Å². The lowest BCUT2D eigenvalue weighted by molar-refractivity contribution is -0.117. The summed E-state index contributed by atoms with van der Waals surface area (Å²) in [7, 11) is 0. The van der Waals surface area contributed by atoms with Gasteiger partial charge in [0.15, 0.2) is 5.78 Å². The van der Waals surface area contributed by atoms with Crippen molar-refractivity contribution in [1.29, 1.82) is 0 Å². The molecule has 0 unspecified atom stereocenters. The van der Waals surface area contributed by atoms with Crippen molar-refractivity contribution in [2.75, 3.05) is 18.8 Å². The topological polar surface area (TPSA) is 20.3 Å². The fraction of sp³-hybridized carbons (Fsp3) is 0.438. The van der Waals surface area contributed by atoms with Gasteiger partial charge in [-0.2, -0.15) is 0 Å². The van der Waals surface area contributed by atoms with Gasteiger partial charge in [0.2, 0.25) is 0 Å². The summed E-state index contributed by atoms with van der Waals surface area (Å²) in [5, 5.41) is 0. The predicted octanol–water partition coefficient (Wildman–Crippen LogP) is 3.04. The maximum atomic E-state index is 12.7. The Balaban J connectivity index is 1.98. The van der Waals surface area contributed by atoms with Crippen molar-refractivity contribution in [3.05, 3.63) is 35.5 Å². The second-order valence-electron chi connectivity index (χ2n) is 5.64. The van der Waals surface area contributed by atoms with Gasteiger partial charge in [-0.05, 0) is 12.5 Å². The van der Waals surface area contributed by atoms with E-state index in [-0.39, 0.29) is 5.92 Å². The summed E-state index contributed by atoms with van der Waals surface area (Å²) in [4.78, 5) is 16.4. The van der Waals surface area contributed by atoms with Crippen LogP contribution in [0.4, 0.5) is 0 Å². The molecule has 2 nitrogen and oxygen atoms in total. The van der Waals surface area contributed by atoms with Gasteiger partial charge in [0.05, 0.1) is 0 Å². The van der Waals surface area contributed by atoms with Crippen molar-refractivity contribution >= 4 is 23.1 Å². The van der Waals surface area contributed by atoms with Crippen LogP contribution in [0.15, 0.2) is 34.9 Å². The Bertz CT molecular complexity index is 592. The van der Waals surface area contributed by atoms with E-state index in [0.717, 1.165) is 30.8 Å². The van der Waals surface area contributed by atoms with Gasteiger partial charge in [-0.15, -0.1) is 11.8 Å². The summed E-state index contributed by atoms with van der Waals surface area (Å²) in [6.45, 7) is 4.31. The molecule has 4 rings (SSSR count). The molecule has 0 aromatic heterocycles. The van der Waals surface area contributed by atoms with Gasteiger partial charge in [-0.25, -0.2) is 0 Å². The van der Waals surface area contributed by atoms with E-state index in [4.69, 9.17) is 0 Å². The van der Waals surface area contributed by atoms with Crippen LogP contribution in [0, 0.1) is 11.8 Å². The molecular formula is C16H17NOS. The number of benzene rings is 1. The largest absolute Gasteiger partial charge is 0.373 e. The molecule has 1 fully saturated rings. The van der Waals surface area contributed by atoms with E-state index in [1.807, 2.05) is 11.8 Å². The van der Waals surface area contributed by atoms with Crippen LogP contribution < -0.4 is 0 Å². The van der Waals surface area contributed by atoms with Crippen LogP contribution >= 0.6 is 11.8 Å². The first-order chi connectivity index (χ1) is 9.27. The summed E-state index contributed by atoms with van der Waals surface area (Å²) in [5.41, 5.74) is 3.55. The van der Waals surface area contributed by atoms with Crippen molar-refractivity contribution in [3.63, 3.8) is 0 Å². The standard InChI is InChI=1S/C16H17NOS/c1-10-11-6-7-17-8-9-19-13-5-3-2-4-12(13)14(15(11)17)16(10)18/h2-5,10-11H,6-9H2,1H3/t10-,11+/m1/s1. The number of hydrogen-bond acceptors (Lipinski definition) is 3. The predicted molar refractivity (Wildman–Crippen MR) is 77.9 cm³/mol. The van der Waals surface area contributed by atoms with Gasteiger partial charge in [-0.1, -0.05) is 25.1 Å². The smallest absolute Gasteiger partial charge is 0.168 e. The van der Waals surface area contributed by atoms with Crippen LogP contribution in [-0.4, -0.2) is 29.5 Å². The summed E-state index contributed by atoms with van der Waals surface area (Å²) in [6, 6.07) is 8.41. The molecule has 1 aliphatic carbocycles. The number of nitrogens with zero attached hydrogens (tertiary/aromatic N) is 1. The zero-order valence-corrected chi connectivity index (χ0v) is 11.9. The van der Waals surface area contributed by atoms with E-state index in [1.165, 1.54) is 16.2 Å². The number of carbonyl (C=O) groups excluding carboxylic acids is 1. The molecule has 1 aromatic rings. The maximum Gasteiger partial charge on any atom is 0.168 e. The molecule has 0 spiro atoms. The number of Topliss-reactive ketones (excluding diaryl/α,β-unsaturated/α-hetero) is 1. The fourth-order valence-electron chi connectivity index (χ4n) is 3.72. The lowest BCUT2D eigenvalue weighted by Crippen LogP contribution is -2.23. The average molecular weight is 271 g/mol. The van der Waals surface area contributed by atoms with E-state index in [1.54, 1.807) is 0 Å². The molecule has 3 heteroatoms. The Morgan fingerprint density at radius 3 is 3.00 bits per heavy atom. The lowest BCUT2D eigenvalue weighted by Gasteiger charge is -2.25. The molecule has 2 aliphatic heterocycles. The van der Waals surface area contributed by atoms with Gasteiger partial charge in [-0.3, -0.25) is 4.79 Å². The van der Waals surface area contributed by atoms with Crippen molar-refractivity contribution in [2.24, 2.45) is 11.8 Å². The highest BCUT2D eigenvalue weighted by atomic mass is 32.2. The number of ketones is 1. The summed E-state index contributed by atoms with van der Waals surface area (Å²) < 4.78 is 0. The van der Waals surface area contributed by atoms with E-state index in [2.05, 4.69) is 36.1 Å². The second kappa shape index (κ2) is 4.14. The Morgan fingerprint density at radius 1 is 1.26 bits per heavy atom. The Labute approximate surface area is 117 Å². The van der Waals surface area contributed by atoms with Gasteiger partial charge < -0.3 is 4.90 Å². The Kier molecular flexibility index (Phi) is 2.52. The molecule has 2 heterocycles. The average Bonchev–Trinajstić information content (AvgIpc) is 2.90. The van der Waals surface area contributed by atoms with Crippen LogP contribution in [0.3, 0.4) is 0 Å². The molecule has 0 N–H and O–H groups in total. The highest BCUT2D eigenvalue weighted by Gasteiger charge is 2.45. The van der Waals surface area contributed by atoms with Crippen LogP contribution in [-0.2, 0) is 4.79 Å². The zero-order chi connectivity index (χ0) is 13.0. The van der Waals surface area contributed by atoms with Crippen LogP contribution in [0.1, 0.15) is 18.9 Å². The molecule has 0 saturated carbocycles. The van der Waals surface area contributed by atoms with Crippen molar-refractivity contribution in [3.8, 4) is 0 Å². The molecule has 1 aromatic carbocycles. The number of hydrogen-bond donors (Lipinski definition) is 0. The molecule has 0 amide bonds. The Hall–Kier alpha value is -1.22. The van der Waals surface area contributed by atoms with Crippen LogP contribution in [0.25, 0.3) is 5.57 Å². The maximum absolute atomic E-state index is 12.7. The third kappa shape index (κ3) is 1.54. The molecule has 0 bridgehead atoms. The first-order valence-corrected chi connectivity index (χ1v) is 8.01. The first-order valence-electron chi connectivity index (χ1n) is 7.03. The van der Waals surface area contributed by atoms with Gasteiger partial charge >= 0.3 is 0 Å². The van der Waals surface area contributed by atoms with Crippen LogP contribution in [0.5, 0.6) is 0 Å². The number of allylic oxidation sites excluding steroid dienone is 2. The minimum Gasteiger partial charge on any atom is -0.373 e. The number of rotatable bonds is 0. The molecule has 19 heavy (non-hydrogen) atoms. The minimum atomic E-state index is 0.172. The number of thioether (sulfide) groups is 1. The highest BCUT2D eigenvalue weighted by molar-refractivity contribution is 7.99. The third-order valence-electron chi connectivity index (χ3n) is 4.70. The zero-order valence-electron chi connectivity index (χ0n) is 11.1. The molecule has 2 atom stereocenters. The number of carbonyl (C=O) groups is 1. The van der Waals surface area contributed by atoms with Crippen molar-refractivity contribution < 1.29 is 4.79 Å². The quantitative estimate of drug-likeness (QED) is 0.723. The molecule has 98 valence electrons. The van der Waals surface area contributed by atoms with E-state index in [9.17, 15) is 4.79 Å². The molecule has 1 saturated heterocycles. The van der Waals surface area contributed by atoms with E-state index >= 15 is 0 Å². The minimum absolute atomic E-state index is 0.172. The highest BCUT2D eigenvalue weighted by Crippen LogP contribution is 2.49. The van der Waals surface area contributed by atoms with E-state index in [0.29, 0.717) is 11.7 Å². The summed E-state index contributed by atoms with van der Waals surface area (Å²) in [6.07, 6.45) is 1.15. The second-order valence-corrected chi connectivity index (χ2v) is 6.78. The molecule has 3 aliphatic rings. The summed E-state index contributed by atoms with van der Waals surface area (Å²) in [5.74, 6) is 2.12. The Morgan fingerprint density at radius 2 is 2.11 bits per heavy atom. The molecular weight excluding hydrogens is 254 g/mol. The summed E-state index contributed by atoms with van der Waals surface area (Å²) >= 11 is 1.88. The lowest BCUT2D eigenvalue weighted by atomic mass is 9.94. The monoisotopic (exact) mass is 271 g/mol. The van der Waals surface area contributed by atoms with Gasteiger partial charge in [0.25, 0.3) is 0 Å². The number of fused-ring (bicyclic) bond motifs is 2. The van der Waals surface area contributed by atoms with E-state index < -0.39 is 0 Å². The normalized spacial score (nSPS) is 29.1.